The maximum absolute atomic E-state index is 5.12. The molecule has 0 aliphatic rings. The Bertz CT molecular complexity index is 1560. The topological polar surface area (TPSA) is 44.5 Å². The van der Waals surface area contributed by atoms with Crippen molar-refractivity contribution >= 4 is 56.2 Å². The largest absolute Gasteiger partial charge is 0.358 e. The zero-order chi connectivity index (χ0) is 19.5. The molecule has 0 unspecified atom stereocenters. The van der Waals surface area contributed by atoms with Crippen molar-refractivity contribution in [1.29, 1.82) is 0 Å². The van der Waals surface area contributed by atoms with Gasteiger partial charge in [0.15, 0.2) is 7.28 Å². The molecule has 0 saturated carbocycles. The molecule has 0 fully saturated rings. The van der Waals surface area contributed by atoms with E-state index in [4.69, 9.17) is 4.98 Å². The molecule has 6 rings (SSSR count). The molecule has 0 aliphatic carbocycles. The average molecular weight is 373 g/mol. The number of H-pyrrole nitrogens is 2. The quantitative estimate of drug-likeness (QED) is 0.308. The van der Waals surface area contributed by atoms with Gasteiger partial charge in [-0.2, -0.15) is 0 Å². The van der Waals surface area contributed by atoms with E-state index in [1.807, 2.05) is 0 Å². The third-order valence-corrected chi connectivity index (χ3v) is 6.07. The fourth-order valence-corrected chi connectivity index (χ4v) is 4.64. The van der Waals surface area contributed by atoms with E-state index < -0.39 is 0 Å². The van der Waals surface area contributed by atoms with E-state index in [0.717, 1.165) is 40.9 Å². The van der Waals surface area contributed by atoms with Gasteiger partial charge < -0.3 is 9.97 Å². The van der Waals surface area contributed by atoms with Crippen molar-refractivity contribution < 1.29 is 0 Å². The Morgan fingerprint density at radius 3 is 2.34 bits per heavy atom. The highest BCUT2D eigenvalue weighted by Crippen LogP contribution is 2.37. The van der Waals surface area contributed by atoms with E-state index in [2.05, 4.69) is 90.4 Å². The van der Waals surface area contributed by atoms with Crippen LogP contribution < -0.4 is 5.46 Å². The van der Waals surface area contributed by atoms with Gasteiger partial charge in [-0.3, -0.25) is 0 Å². The number of nitrogens with one attached hydrogen (secondary N) is 2. The van der Waals surface area contributed by atoms with Crippen LogP contribution in [0.3, 0.4) is 0 Å². The van der Waals surface area contributed by atoms with Crippen LogP contribution in [0.1, 0.15) is 5.69 Å². The third-order valence-electron chi connectivity index (χ3n) is 6.07. The van der Waals surface area contributed by atoms with Crippen LogP contribution in [0.25, 0.3) is 54.9 Å². The summed E-state index contributed by atoms with van der Waals surface area (Å²) in [5.74, 6) is 0.923. The molecule has 2 aromatic heterocycles. The molecule has 138 valence electrons. The maximum Gasteiger partial charge on any atom is 0.154 e. The summed E-state index contributed by atoms with van der Waals surface area (Å²) < 4.78 is 0. The number of para-hydroxylation sites is 1. The fourth-order valence-electron chi connectivity index (χ4n) is 4.64. The van der Waals surface area contributed by atoms with Crippen LogP contribution >= 0.6 is 0 Å². The van der Waals surface area contributed by atoms with Crippen molar-refractivity contribution in [2.45, 2.75) is 13.7 Å². The lowest BCUT2D eigenvalue weighted by molar-refractivity contribution is 1.26. The molecule has 0 spiro atoms. The Hall–Kier alpha value is -3.53. The predicted molar refractivity (Wildman–Crippen MR) is 126 cm³/mol. The van der Waals surface area contributed by atoms with Gasteiger partial charge in [-0.1, -0.05) is 72.9 Å². The summed E-state index contributed by atoms with van der Waals surface area (Å²) in [5.41, 5.74) is 6.93. The van der Waals surface area contributed by atoms with Crippen molar-refractivity contribution in [1.82, 2.24) is 15.0 Å². The van der Waals surface area contributed by atoms with Gasteiger partial charge in [0.05, 0.1) is 11.0 Å². The smallest absolute Gasteiger partial charge is 0.154 e. The van der Waals surface area contributed by atoms with Crippen LogP contribution in [0.15, 0.2) is 66.7 Å². The van der Waals surface area contributed by atoms with E-state index in [9.17, 15) is 0 Å². The number of aromatic nitrogens is 3. The van der Waals surface area contributed by atoms with Crippen molar-refractivity contribution in [3.05, 3.63) is 72.4 Å². The van der Waals surface area contributed by atoms with Gasteiger partial charge in [-0.25, -0.2) is 4.98 Å². The summed E-state index contributed by atoms with van der Waals surface area (Å²) in [5, 5.41) is 6.18. The predicted octanol–water partition coefficient (Wildman–Crippen LogP) is 5.44. The number of rotatable bonds is 2. The molecule has 6 aromatic rings. The lowest BCUT2D eigenvalue weighted by atomic mass is 9.72. The number of aryl methyl sites for hydroxylation is 1. The first-order valence-electron chi connectivity index (χ1n) is 10.2. The second-order valence-corrected chi connectivity index (χ2v) is 7.76. The van der Waals surface area contributed by atoms with Crippen LogP contribution in [-0.2, 0) is 0 Å². The molecule has 2 N–H and O–H groups in total. The molecule has 4 aromatic carbocycles. The molecular formula is C25H20BN3. The Morgan fingerprint density at radius 2 is 1.52 bits per heavy atom. The molecule has 4 heteroatoms. The normalized spacial score (nSPS) is 11.8. The first-order chi connectivity index (χ1) is 14.2. The highest BCUT2D eigenvalue weighted by molar-refractivity contribution is 6.52. The van der Waals surface area contributed by atoms with E-state index in [-0.39, 0.29) is 0 Å². The molecule has 29 heavy (non-hydrogen) atoms. The molecule has 0 amide bonds. The summed E-state index contributed by atoms with van der Waals surface area (Å²) in [4.78, 5) is 12.3. The zero-order valence-corrected chi connectivity index (χ0v) is 16.5. The first kappa shape index (κ1) is 16.4. The second-order valence-electron chi connectivity index (χ2n) is 7.76. The number of aromatic amines is 2. The Labute approximate surface area is 169 Å². The summed E-state index contributed by atoms with van der Waals surface area (Å²) in [6, 6.07) is 23.8. The molecule has 0 aliphatic heterocycles. The Balaban J connectivity index is 1.77. The summed E-state index contributed by atoms with van der Waals surface area (Å²) in [6.07, 6.45) is 0. The number of hydrogen-bond donors (Lipinski definition) is 2. The maximum atomic E-state index is 5.12. The van der Waals surface area contributed by atoms with E-state index in [1.54, 1.807) is 0 Å². The molecule has 0 radical (unpaired) electrons. The number of imidazole rings is 1. The first-order valence-corrected chi connectivity index (χ1v) is 10.2. The van der Waals surface area contributed by atoms with Gasteiger partial charge in [0.1, 0.15) is 5.82 Å². The lowest BCUT2D eigenvalue weighted by Crippen LogP contribution is -2.09. The van der Waals surface area contributed by atoms with Crippen molar-refractivity contribution in [3.8, 4) is 11.4 Å². The molecule has 0 atom stereocenters. The minimum atomic E-state index is 0.923. The van der Waals surface area contributed by atoms with E-state index >= 15 is 0 Å². The second kappa shape index (κ2) is 5.98. The van der Waals surface area contributed by atoms with Crippen molar-refractivity contribution in [3.63, 3.8) is 0 Å². The molecule has 0 bridgehead atoms. The molecular weight excluding hydrogens is 353 g/mol. The molecule has 3 nitrogen and oxygen atoms in total. The summed E-state index contributed by atoms with van der Waals surface area (Å²) in [6.45, 7) is 4.32. The number of fused-ring (bicyclic) bond motifs is 7. The molecule has 0 saturated heterocycles. The zero-order valence-electron chi connectivity index (χ0n) is 16.5. The molecule has 2 heterocycles. The Morgan fingerprint density at radius 1 is 0.759 bits per heavy atom. The van der Waals surface area contributed by atoms with Gasteiger partial charge in [0.25, 0.3) is 0 Å². The van der Waals surface area contributed by atoms with Crippen LogP contribution in [0.5, 0.6) is 0 Å². The van der Waals surface area contributed by atoms with Gasteiger partial charge >= 0.3 is 0 Å². The summed E-state index contributed by atoms with van der Waals surface area (Å²) >= 11 is 0. The summed E-state index contributed by atoms with van der Waals surface area (Å²) in [7, 11) is 1.03. The number of hydrogen-bond acceptors (Lipinski definition) is 1. The highest BCUT2D eigenvalue weighted by Gasteiger charge is 2.17. The van der Waals surface area contributed by atoms with Crippen LogP contribution in [0.2, 0.25) is 6.82 Å². The monoisotopic (exact) mass is 373 g/mol. The van der Waals surface area contributed by atoms with Crippen LogP contribution in [0, 0.1) is 6.92 Å². The number of nitrogens with zero attached hydrogens (tertiary/aromatic N) is 1. The minimum Gasteiger partial charge on any atom is -0.358 e. The van der Waals surface area contributed by atoms with Gasteiger partial charge in [-0.05, 0) is 23.8 Å². The van der Waals surface area contributed by atoms with E-state index in [0.29, 0.717) is 0 Å². The SMILES string of the molecule is CBc1ccc2c(c1)c1ccccc1c1[nH]c(-c3c(C)[nH]c4ccccc34)nc21. The fraction of sp³-hybridized carbons (Fsp3) is 0.0800. The van der Waals surface area contributed by atoms with Crippen LogP contribution in [0.4, 0.5) is 0 Å². The standard InChI is InChI=1S/C25H20BN3/c1-14-22(19-9-5-6-10-21(19)27-14)25-28-23-17-8-4-3-7-16(17)20-13-15(26-2)11-12-18(20)24(23)29-25/h3-13,26-27H,1-2H3,(H,28,29). The lowest BCUT2D eigenvalue weighted by Gasteiger charge is -2.07. The van der Waals surface area contributed by atoms with Crippen molar-refractivity contribution in [2.24, 2.45) is 0 Å². The van der Waals surface area contributed by atoms with Gasteiger partial charge in [0, 0.05) is 32.9 Å². The third kappa shape index (κ3) is 2.29. The Kier molecular flexibility index (Phi) is 3.39. The average Bonchev–Trinajstić information content (AvgIpc) is 3.34. The highest BCUT2D eigenvalue weighted by atomic mass is 14.9. The van der Waals surface area contributed by atoms with Crippen LogP contribution in [-0.4, -0.2) is 22.2 Å². The van der Waals surface area contributed by atoms with Gasteiger partial charge in [-0.15, -0.1) is 0 Å². The van der Waals surface area contributed by atoms with Crippen molar-refractivity contribution in [2.75, 3.05) is 0 Å². The number of benzene rings is 4. The van der Waals surface area contributed by atoms with Gasteiger partial charge in [0.2, 0.25) is 0 Å². The van der Waals surface area contributed by atoms with E-state index in [1.165, 1.54) is 32.4 Å². The minimum absolute atomic E-state index is 0.923.